The van der Waals surface area contributed by atoms with E-state index in [1.54, 1.807) is 36.0 Å². The molecule has 6 nitrogen and oxygen atoms in total. The SMILES string of the molecule is COc1ccc(CN2CCN(S(=O)(=O)c3cccs3)CC2)cc1OC. The Labute approximate surface area is 152 Å². The van der Waals surface area contributed by atoms with E-state index >= 15 is 0 Å². The predicted octanol–water partition coefficient (Wildman–Crippen LogP) is 2.27. The van der Waals surface area contributed by atoms with Gasteiger partial charge in [-0.2, -0.15) is 4.31 Å². The van der Waals surface area contributed by atoms with E-state index in [1.807, 2.05) is 18.2 Å². The van der Waals surface area contributed by atoms with Crippen molar-refractivity contribution >= 4 is 21.4 Å². The molecule has 0 radical (unpaired) electrons. The number of piperazine rings is 1. The number of hydrogen-bond donors (Lipinski definition) is 0. The summed E-state index contributed by atoms with van der Waals surface area (Å²) in [6, 6.07) is 9.30. The molecule has 0 atom stereocenters. The lowest BCUT2D eigenvalue weighted by Gasteiger charge is -2.33. The van der Waals surface area contributed by atoms with Crippen LogP contribution < -0.4 is 9.47 Å². The maximum atomic E-state index is 12.6. The Morgan fingerprint density at radius 2 is 1.76 bits per heavy atom. The lowest BCUT2D eigenvalue weighted by atomic mass is 10.1. The van der Waals surface area contributed by atoms with Crippen LogP contribution in [0, 0.1) is 0 Å². The van der Waals surface area contributed by atoms with Gasteiger partial charge in [-0.25, -0.2) is 8.42 Å². The second-order valence-corrected chi connectivity index (χ2v) is 8.91. The van der Waals surface area contributed by atoms with Crippen LogP contribution in [0.5, 0.6) is 11.5 Å². The van der Waals surface area contributed by atoms with Gasteiger partial charge in [-0.15, -0.1) is 11.3 Å². The van der Waals surface area contributed by atoms with E-state index in [1.165, 1.54) is 11.3 Å². The maximum Gasteiger partial charge on any atom is 0.252 e. The summed E-state index contributed by atoms with van der Waals surface area (Å²) >= 11 is 1.27. The fourth-order valence-electron chi connectivity index (χ4n) is 2.90. The second-order valence-electron chi connectivity index (χ2n) is 5.80. The molecule has 136 valence electrons. The lowest BCUT2D eigenvalue weighted by Crippen LogP contribution is -2.48. The first-order valence-corrected chi connectivity index (χ1v) is 10.3. The number of sulfonamides is 1. The van der Waals surface area contributed by atoms with Gasteiger partial charge in [0.15, 0.2) is 11.5 Å². The lowest BCUT2D eigenvalue weighted by molar-refractivity contribution is 0.181. The molecule has 0 aliphatic carbocycles. The Morgan fingerprint density at radius 1 is 1.04 bits per heavy atom. The fraction of sp³-hybridized carbons (Fsp3) is 0.412. The van der Waals surface area contributed by atoms with Crippen LogP contribution in [-0.4, -0.2) is 58.0 Å². The highest BCUT2D eigenvalue weighted by atomic mass is 32.2. The highest BCUT2D eigenvalue weighted by Gasteiger charge is 2.29. The molecule has 25 heavy (non-hydrogen) atoms. The molecule has 1 fully saturated rings. The average Bonchev–Trinajstić information content (AvgIpc) is 3.17. The number of ether oxygens (including phenoxy) is 2. The molecule has 8 heteroatoms. The Morgan fingerprint density at radius 3 is 2.36 bits per heavy atom. The third kappa shape index (κ3) is 3.98. The smallest absolute Gasteiger partial charge is 0.252 e. The monoisotopic (exact) mass is 382 g/mol. The zero-order chi connectivity index (χ0) is 17.9. The normalized spacial score (nSPS) is 16.7. The van der Waals surface area contributed by atoms with E-state index in [0.717, 1.165) is 12.1 Å². The molecular formula is C17H22N2O4S2. The van der Waals surface area contributed by atoms with Crippen LogP contribution in [0.2, 0.25) is 0 Å². The van der Waals surface area contributed by atoms with E-state index in [9.17, 15) is 8.42 Å². The number of benzene rings is 1. The molecular weight excluding hydrogens is 360 g/mol. The van der Waals surface area contributed by atoms with Gasteiger partial charge in [0, 0.05) is 32.7 Å². The van der Waals surface area contributed by atoms with E-state index in [2.05, 4.69) is 4.90 Å². The molecule has 0 N–H and O–H groups in total. The summed E-state index contributed by atoms with van der Waals surface area (Å²) < 4.78 is 37.7. The zero-order valence-electron chi connectivity index (χ0n) is 14.3. The van der Waals surface area contributed by atoms with Gasteiger partial charge in [-0.3, -0.25) is 4.90 Å². The first kappa shape index (κ1) is 18.2. The third-order valence-electron chi connectivity index (χ3n) is 4.27. The van der Waals surface area contributed by atoms with Crippen molar-refractivity contribution in [2.24, 2.45) is 0 Å². The van der Waals surface area contributed by atoms with Gasteiger partial charge in [0.1, 0.15) is 4.21 Å². The number of nitrogens with zero attached hydrogens (tertiary/aromatic N) is 2. The molecule has 2 heterocycles. The minimum Gasteiger partial charge on any atom is -0.493 e. The van der Waals surface area contributed by atoms with Crippen LogP contribution in [0.15, 0.2) is 39.9 Å². The van der Waals surface area contributed by atoms with Crippen molar-refractivity contribution in [3.8, 4) is 11.5 Å². The van der Waals surface area contributed by atoms with Crippen LogP contribution in [0.1, 0.15) is 5.56 Å². The zero-order valence-corrected chi connectivity index (χ0v) is 16.0. The number of methoxy groups -OCH3 is 2. The summed E-state index contributed by atoms with van der Waals surface area (Å²) in [6.45, 7) is 3.19. The van der Waals surface area contributed by atoms with Gasteiger partial charge >= 0.3 is 0 Å². The molecule has 1 aromatic carbocycles. The molecule has 0 amide bonds. The van der Waals surface area contributed by atoms with Crippen LogP contribution in [0.3, 0.4) is 0 Å². The maximum absolute atomic E-state index is 12.6. The van der Waals surface area contributed by atoms with Crippen LogP contribution in [0.25, 0.3) is 0 Å². The van der Waals surface area contributed by atoms with Crippen LogP contribution in [-0.2, 0) is 16.6 Å². The molecule has 2 aromatic rings. The summed E-state index contributed by atoms with van der Waals surface area (Å²) in [4.78, 5) is 2.25. The van der Waals surface area contributed by atoms with Gasteiger partial charge in [-0.1, -0.05) is 12.1 Å². The first-order valence-electron chi connectivity index (χ1n) is 8.01. The Kier molecular flexibility index (Phi) is 5.63. The molecule has 0 bridgehead atoms. The van der Waals surface area contributed by atoms with Gasteiger partial charge in [0.25, 0.3) is 10.0 Å². The summed E-state index contributed by atoms with van der Waals surface area (Å²) in [7, 11) is -0.109. The van der Waals surface area contributed by atoms with Gasteiger partial charge in [0.2, 0.25) is 0 Å². The van der Waals surface area contributed by atoms with Crippen molar-refractivity contribution in [2.45, 2.75) is 10.8 Å². The minimum atomic E-state index is -3.35. The van der Waals surface area contributed by atoms with Gasteiger partial charge in [0.05, 0.1) is 14.2 Å². The Bertz CT molecular complexity index is 798. The fourth-order valence-corrected chi connectivity index (χ4v) is 5.47. The van der Waals surface area contributed by atoms with Crippen molar-refractivity contribution in [2.75, 3.05) is 40.4 Å². The summed E-state index contributed by atoms with van der Waals surface area (Å²) in [5.41, 5.74) is 1.12. The quantitative estimate of drug-likeness (QED) is 0.767. The summed E-state index contributed by atoms with van der Waals surface area (Å²) in [5, 5.41) is 1.79. The first-order chi connectivity index (χ1) is 12.0. The van der Waals surface area contributed by atoms with Gasteiger partial charge in [-0.05, 0) is 29.1 Å². The number of rotatable bonds is 6. The molecule has 1 aliphatic rings. The van der Waals surface area contributed by atoms with E-state index in [4.69, 9.17) is 9.47 Å². The van der Waals surface area contributed by atoms with Crippen molar-refractivity contribution in [3.63, 3.8) is 0 Å². The molecule has 0 saturated carbocycles. The molecule has 0 unspecified atom stereocenters. The second kappa shape index (κ2) is 7.74. The molecule has 0 spiro atoms. The Balaban J connectivity index is 1.61. The molecule has 1 saturated heterocycles. The number of hydrogen-bond acceptors (Lipinski definition) is 6. The van der Waals surface area contributed by atoms with Crippen LogP contribution in [0.4, 0.5) is 0 Å². The van der Waals surface area contributed by atoms with Gasteiger partial charge < -0.3 is 9.47 Å². The summed E-state index contributed by atoms with van der Waals surface area (Å²) in [6.07, 6.45) is 0. The van der Waals surface area contributed by atoms with Crippen molar-refractivity contribution in [1.82, 2.24) is 9.21 Å². The topological polar surface area (TPSA) is 59.1 Å². The van der Waals surface area contributed by atoms with Crippen molar-refractivity contribution in [3.05, 3.63) is 41.3 Å². The predicted molar refractivity (Wildman–Crippen MR) is 97.9 cm³/mol. The number of thiophene rings is 1. The standard InChI is InChI=1S/C17H22N2O4S2/c1-22-15-6-5-14(12-16(15)23-2)13-18-7-9-19(10-8-18)25(20,21)17-4-3-11-24-17/h3-6,11-12H,7-10,13H2,1-2H3. The van der Waals surface area contributed by atoms with Crippen LogP contribution >= 0.6 is 11.3 Å². The summed E-state index contributed by atoms with van der Waals surface area (Å²) in [5.74, 6) is 1.41. The van der Waals surface area contributed by atoms with Crippen molar-refractivity contribution < 1.29 is 17.9 Å². The Hall–Kier alpha value is -1.61. The highest BCUT2D eigenvalue weighted by Crippen LogP contribution is 2.28. The average molecular weight is 383 g/mol. The largest absolute Gasteiger partial charge is 0.493 e. The molecule has 1 aromatic heterocycles. The van der Waals surface area contributed by atoms with E-state index < -0.39 is 10.0 Å². The minimum absolute atomic E-state index is 0.417. The molecule has 3 rings (SSSR count). The van der Waals surface area contributed by atoms with Crippen molar-refractivity contribution in [1.29, 1.82) is 0 Å². The van der Waals surface area contributed by atoms with E-state index in [-0.39, 0.29) is 0 Å². The highest BCUT2D eigenvalue weighted by molar-refractivity contribution is 7.91. The molecule has 1 aliphatic heterocycles. The third-order valence-corrected chi connectivity index (χ3v) is 7.55. The van der Waals surface area contributed by atoms with E-state index in [0.29, 0.717) is 41.9 Å².